The zero-order valence-corrected chi connectivity index (χ0v) is 17.2. The number of hydrogen-bond donors (Lipinski definition) is 1. The van der Waals surface area contributed by atoms with Crippen molar-refractivity contribution in [3.8, 4) is 0 Å². The number of benzene rings is 1. The third-order valence-corrected chi connectivity index (χ3v) is 7.61. The Labute approximate surface area is 164 Å². The molecule has 1 fully saturated rings. The van der Waals surface area contributed by atoms with Crippen molar-refractivity contribution in [3.05, 3.63) is 51.2 Å². The molecule has 1 saturated heterocycles. The van der Waals surface area contributed by atoms with Gasteiger partial charge < -0.3 is 10.1 Å². The second kappa shape index (κ2) is 8.52. The van der Waals surface area contributed by atoms with Crippen LogP contribution in [0.15, 0.2) is 35.2 Å². The number of morpholine rings is 1. The molecule has 27 heavy (non-hydrogen) atoms. The fourth-order valence-corrected chi connectivity index (χ4v) is 5.41. The molecule has 2 heterocycles. The number of ether oxygens (including phenoxy) is 1. The van der Waals surface area contributed by atoms with Gasteiger partial charge in [0.15, 0.2) is 0 Å². The maximum Gasteiger partial charge on any atom is 0.261 e. The lowest BCUT2D eigenvalue weighted by molar-refractivity contribution is 0.0730. The van der Waals surface area contributed by atoms with Crippen LogP contribution in [-0.4, -0.2) is 44.9 Å². The van der Waals surface area contributed by atoms with Crippen LogP contribution in [0.1, 0.15) is 32.6 Å². The number of thiophene rings is 1. The van der Waals surface area contributed by atoms with Gasteiger partial charge in [-0.2, -0.15) is 4.31 Å². The molecule has 6 nitrogen and oxygen atoms in total. The Bertz CT molecular complexity index is 898. The Morgan fingerprint density at radius 3 is 2.48 bits per heavy atom. The van der Waals surface area contributed by atoms with Crippen molar-refractivity contribution >= 4 is 27.3 Å². The van der Waals surface area contributed by atoms with Gasteiger partial charge in [0.1, 0.15) is 0 Å². The number of aryl methyl sites for hydroxylation is 2. The van der Waals surface area contributed by atoms with Gasteiger partial charge in [-0.1, -0.05) is 19.1 Å². The van der Waals surface area contributed by atoms with E-state index in [0.29, 0.717) is 37.7 Å². The van der Waals surface area contributed by atoms with Crippen molar-refractivity contribution in [2.45, 2.75) is 31.7 Å². The summed E-state index contributed by atoms with van der Waals surface area (Å²) in [5.74, 6) is -0.104. The van der Waals surface area contributed by atoms with E-state index in [2.05, 4.69) is 12.2 Å². The Kier molecular flexibility index (Phi) is 6.31. The lowest BCUT2D eigenvalue weighted by Gasteiger charge is -2.26. The lowest BCUT2D eigenvalue weighted by atomic mass is 10.2. The fourth-order valence-electron chi connectivity index (χ4n) is 2.97. The summed E-state index contributed by atoms with van der Waals surface area (Å²) in [6.45, 7) is 6.04. The van der Waals surface area contributed by atoms with Gasteiger partial charge in [-0.3, -0.25) is 4.79 Å². The molecule has 8 heteroatoms. The third kappa shape index (κ3) is 4.57. The predicted octanol–water partition coefficient (Wildman–Crippen LogP) is 2.57. The molecule has 1 N–H and O–H groups in total. The van der Waals surface area contributed by atoms with Crippen LogP contribution in [0, 0.1) is 6.92 Å². The molecule has 0 spiro atoms. The number of sulfonamides is 1. The Morgan fingerprint density at radius 1 is 1.22 bits per heavy atom. The molecule has 1 aromatic heterocycles. The summed E-state index contributed by atoms with van der Waals surface area (Å²) < 4.78 is 31.9. The van der Waals surface area contributed by atoms with E-state index in [0.717, 1.165) is 12.0 Å². The van der Waals surface area contributed by atoms with Crippen molar-refractivity contribution < 1.29 is 17.9 Å². The van der Waals surface area contributed by atoms with E-state index in [9.17, 15) is 13.2 Å². The van der Waals surface area contributed by atoms with E-state index in [1.54, 1.807) is 24.3 Å². The van der Waals surface area contributed by atoms with Crippen LogP contribution in [0.5, 0.6) is 0 Å². The first-order valence-corrected chi connectivity index (χ1v) is 11.2. The molecule has 1 aliphatic rings. The topological polar surface area (TPSA) is 75.7 Å². The molecule has 3 rings (SSSR count). The molecule has 146 valence electrons. The van der Waals surface area contributed by atoms with Gasteiger partial charge in [-0.05, 0) is 42.7 Å². The average molecular weight is 409 g/mol. The Hall–Kier alpha value is -1.74. The van der Waals surface area contributed by atoms with Crippen LogP contribution in [0.2, 0.25) is 0 Å². The summed E-state index contributed by atoms with van der Waals surface area (Å²) >= 11 is 1.50. The number of rotatable bonds is 6. The molecule has 1 aliphatic heterocycles. The van der Waals surface area contributed by atoms with Gasteiger partial charge in [0.25, 0.3) is 5.91 Å². The van der Waals surface area contributed by atoms with E-state index in [-0.39, 0.29) is 10.8 Å². The standard InChI is InChI=1S/C19H24N2O4S2/c1-3-16-12-18(26-14(16)2)19(22)20-13-15-4-6-17(7-5-15)27(23,24)21-8-10-25-11-9-21/h4-7,12H,3,8-11,13H2,1-2H3,(H,20,22). The third-order valence-electron chi connectivity index (χ3n) is 4.61. The van der Waals surface area contributed by atoms with E-state index in [1.807, 2.05) is 13.0 Å². The smallest absolute Gasteiger partial charge is 0.261 e. The van der Waals surface area contributed by atoms with E-state index < -0.39 is 10.0 Å². The zero-order chi connectivity index (χ0) is 19.4. The van der Waals surface area contributed by atoms with Crippen molar-refractivity contribution in [1.82, 2.24) is 9.62 Å². The van der Waals surface area contributed by atoms with Gasteiger partial charge >= 0.3 is 0 Å². The van der Waals surface area contributed by atoms with E-state index in [1.165, 1.54) is 26.1 Å². The normalized spacial score (nSPS) is 15.6. The van der Waals surface area contributed by atoms with Gasteiger partial charge in [0.2, 0.25) is 10.0 Å². The highest BCUT2D eigenvalue weighted by Gasteiger charge is 2.26. The van der Waals surface area contributed by atoms with Crippen molar-refractivity contribution in [1.29, 1.82) is 0 Å². The van der Waals surface area contributed by atoms with Crippen LogP contribution in [0.3, 0.4) is 0 Å². The van der Waals surface area contributed by atoms with Crippen LogP contribution in [0.4, 0.5) is 0 Å². The Morgan fingerprint density at radius 2 is 1.89 bits per heavy atom. The quantitative estimate of drug-likeness (QED) is 0.797. The minimum Gasteiger partial charge on any atom is -0.379 e. The largest absolute Gasteiger partial charge is 0.379 e. The van der Waals surface area contributed by atoms with Crippen molar-refractivity contribution in [2.75, 3.05) is 26.3 Å². The molecule has 0 unspecified atom stereocenters. The summed E-state index contributed by atoms with van der Waals surface area (Å²) in [4.78, 5) is 14.5. The van der Waals surface area contributed by atoms with Crippen LogP contribution in [0.25, 0.3) is 0 Å². The molecule has 0 radical (unpaired) electrons. The van der Waals surface area contributed by atoms with Crippen LogP contribution >= 0.6 is 11.3 Å². The molecule has 1 aromatic carbocycles. The minimum absolute atomic E-state index is 0.104. The highest BCUT2D eigenvalue weighted by Crippen LogP contribution is 2.22. The van der Waals surface area contributed by atoms with E-state index in [4.69, 9.17) is 4.74 Å². The first-order valence-electron chi connectivity index (χ1n) is 8.96. The van der Waals surface area contributed by atoms with Crippen molar-refractivity contribution in [3.63, 3.8) is 0 Å². The van der Waals surface area contributed by atoms with Gasteiger partial charge in [-0.25, -0.2) is 8.42 Å². The monoisotopic (exact) mass is 408 g/mol. The minimum atomic E-state index is -3.49. The number of nitrogens with zero attached hydrogens (tertiary/aromatic N) is 1. The summed E-state index contributed by atoms with van der Waals surface area (Å²) in [6.07, 6.45) is 0.911. The summed E-state index contributed by atoms with van der Waals surface area (Å²) in [5.41, 5.74) is 2.05. The maximum absolute atomic E-state index is 12.6. The highest BCUT2D eigenvalue weighted by molar-refractivity contribution is 7.89. The molecule has 0 aliphatic carbocycles. The van der Waals surface area contributed by atoms with Gasteiger partial charge in [0, 0.05) is 24.5 Å². The fraction of sp³-hybridized carbons (Fsp3) is 0.421. The lowest BCUT2D eigenvalue weighted by Crippen LogP contribution is -2.40. The number of carbonyl (C=O) groups is 1. The number of nitrogens with one attached hydrogen (secondary N) is 1. The molecular formula is C19H24N2O4S2. The molecule has 0 saturated carbocycles. The second-order valence-electron chi connectivity index (χ2n) is 6.39. The SMILES string of the molecule is CCc1cc(C(=O)NCc2ccc(S(=O)(=O)N3CCOCC3)cc2)sc1C. The van der Waals surface area contributed by atoms with Crippen LogP contribution in [-0.2, 0) is 27.7 Å². The summed E-state index contributed by atoms with van der Waals surface area (Å²) in [7, 11) is -3.49. The van der Waals surface area contributed by atoms with E-state index >= 15 is 0 Å². The first kappa shape index (κ1) is 20.0. The number of amides is 1. The number of carbonyl (C=O) groups excluding carboxylic acids is 1. The maximum atomic E-state index is 12.6. The summed E-state index contributed by atoms with van der Waals surface area (Å²) in [6, 6.07) is 8.61. The van der Waals surface area contributed by atoms with Gasteiger partial charge in [0.05, 0.1) is 23.0 Å². The average Bonchev–Trinajstić information content (AvgIpc) is 3.08. The predicted molar refractivity (Wildman–Crippen MR) is 106 cm³/mol. The highest BCUT2D eigenvalue weighted by atomic mass is 32.2. The van der Waals surface area contributed by atoms with Gasteiger partial charge in [-0.15, -0.1) is 11.3 Å². The molecule has 0 atom stereocenters. The van der Waals surface area contributed by atoms with Crippen molar-refractivity contribution in [2.24, 2.45) is 0 Å². The Balaban J connectivity index is 1.62. The molecule has 2 aromatic rings. The first-order chi connectivity index (χ1) is 12.9. The zero-order valence-electron chi connectivity index (χ0n) is 15.5. The van der Waals surface area contributed by atoms with Crippen LogP contribution < -0.4 is 5.32 Å². The molecular weight excluding hydrogens is 384 g/mol. The molecule has 1 amide bonds. The second-order valence-corrected chi connectivity index (χ2v) is 9.58. The summed E-state index contributed by atoms with van der Waals surface area (Å²) in [5, 5.41) is 2.90. The molecule has 0 bridgehead atoms. The number of hydrogen-bond acceptors (Lipinski definition) is 5.